The highest BCUT2D eigenvalue weighted by Crippen LogP contribution is 2.26. The Morgan fingerprint density at radius 3 is 2.78 bits per heavy atom. The minimum absolute atomic E-state index is 0.262. The smallest absolute Gasteiger partial charge is 0.146 e. The lowest BCUT2D eigenvalue weighted by Crippen LogP contribution is -2.37. The summed E-state index contributed by atoms with van der Waals surface area (Å²) in [5.74, 6) is 1.05. The molecule has 2 rings (SSSR count). The van der Waals surface area contributed by atoms with Gasteiger partial charge in [-0.15, -0.1) is 0 Å². The van der Waals surface area contributed by atoms with Gasteiger partial charge in [0.05, 0.1) is 23.6 Å². The zero-order valence-corrected chi connectivity index (χ0v) is 10.5. The summed E-state index contributed by atoms with van der Waals surface area (Å²) in [4.78, 5) is 6.35. The average molecular weight is 246 g/mol. The van der Waals surface area contributed by atoms with Crippen LogP contribution in [-0.4, -0.2) is 29.3 Å². The molecule has 1 aliphatic heterocycles. The Morgan fingerprint density at radius 2 is 2.22 bits per heavy atom. The van der Waals surface area contributed by atoms with Gasteiger partial charge in [0.2, 0.25) is 0 Å². The van der Waals surface area contributed by atoms with Crippen LogP contribution in [-0.2, 0) is 0 Å². The van der Waals surface area contributed by atoms with Gasteiger partial charge in [-0.25, -0.2) is 4.98 Å². The maximum atomic E-state index is 9.57. The SMILES string of the molecule is CC(O)C1CCN(c2ncc(N)cc2C#N)CC1. The van der Waals surface area contributed by atoms with Crippen molar-refractivity contribution in [2.75, 3.05) is 23.7 Å². The third-order valence-corrected chi connectivity index (χ3v) is 3.53. The number of rotatable bonds is 2. The van der Waals surface area contributed by atoms with E-state index in [1.165, 1.54) is 0 Å². The number of aliphatic hydroxyl groups excluding tert-OH is 1. The van der Waals surface area contributed by atoms with E-state index in [1.54, 1.807) is 12.3 Å². The molecule has 0 aromatic carbocycles. The molecule has 3 N–H and O–H groups in total. The largest absolute Gasteiger partial charge is 0.397 e. The first-order valence-electron chi connectivity index (χ1n) is 6.20. The summed E-state index contributed by atoms with van der Waals surface area (Å²) in [5.41, 5.74) is 6.66. The summed E-state index contributed by atoms with van der Waals surface area (Å²) in [6, 6.07) is 3.79. The Kier molecular flexibility index (Phi) is 3.68. The average Bonchev–Trinajstić information content (AvgIpc) is 2.38. The Morgan fingerprint density at radius 1 is 1.56 bits per heavy atom. The molecule has 0 amide bonds. The fourth-order valence-corrected chi connectivity index (χ4v) is 2.40. The van der Waals surface area contributed by atoms with Crippen LogP contribution in [0.5, 0.6) is 0 Å². The third-order valence-electron chi connectivity index (χ3n) is 3.53. The second-order valence-electron chi connectivity index (χ2n) is 4.82. The fraction of sp³-hybridized carbons (Fsp3) is 0.538. The number of hydrogen-bond donors (Lipinski definition) is 2. The number of nitrogens with zero attached hydrogens (tertiary/aromatic N) is 3. The Hall–Kier alpha value is -1.80. The molecular formula is C13H18N4O. The Balaban J connectivity index is 2.13. The van der Waals surface area contributed by atoms with Crippen LogP contribution in [0.1, 0.15) is 25.3 Å². The van der Waals surface area contributed by atoms with Crippen molar-refractivity contribution in [2.24, 2.45) is 5.92 Å². The summed E-state index contributed by atoms with van der Waals surface area (Å²) in [6.07, 6.45) is 3.17. The van der Waals surface area contributed by atoms with Crippen LogP contribution in [0.25, 0.3) is 0 Å². The van der Waals surface area contributed by atoms with Crippen LogP contribution in [0.3, 0.4) is 0 Å². The van der Waals surface area contributed by atoms with Gasteiger partial charge in [0.25, 0.3) is 0 Å². The van der Waals surface area contributed by atoms with Gasteiger partial charge in [-0.05, 0) is 31.7 Å². The van der Waals surface area contributed by atoms with E-state index in [0.717, 1.165) is 25.9 Å². The molecule has 0 spiro atoms. The lowest BCUT2D eigenvalue weighted by Gasteiger charge is -2.34. The van der Waals surface area contributed by atoms with Crippen molar-refractivity contribution in [3.8, 4) is 6.07 Å². The number of hydrogen-bond acceptors (Lipinski definition) is 5. The molecule has 1 aromatic rings. The number of aliphatic hydroxyl groups is 1. The van der Waals surface area contributed by atoms with E-state index in [2.05, 4.69) is 16.0 Å². The van der Waals surface area contributed by atoms with Gasteiger partial charge in [-0.2, -0.15) is 5.26 Å². The van der Waals surface area contributed by atoms with Crippen molar-refractivity contribution >= 4 is 11.5 Å². The molecule has 5 nitrogen and oxygen atoms in total. The maximum Gasteiger partial charge on any atom is 0.146 e. The Labute approximate surface area is 107 Å². The third kappa shape index (κ3) is 2.54. The molecule has 1 unspecified atom stereocenters. The molecule has 0 saturated carbocycles. The highest BCUT2D eigenvalue weighted by atomic mass is 16.3. The molecule has 2 heterocycles. The number of nitrogens with two attached hydrogens (primary N) is 1. The zero-order valence-electron chi connectivity index (χ0n) is 10.5. The highest BCUT2D eigenvalue weighted by Gasteiger charge is 2.24. The minimum atomic E-state index is -0.262. The highest BCUT2D eigenvalue weighted by molar-refractivity contribution is 5.58. The molecule has 1 aliphatic rings. The molecule has 0 bridgehead atoms. The van der Waals surface area contributed by atoms with Crippen LogP contribution < -0.4 is 10.6 Å². The van der Waals surface area contributed by atoms with E-state index in [0.29, 0.717) is 23.0 Å². The molecule has 5 heteroatoms. The van der Waals surface area contributed by atoms with Crippen molar-refractivity contribution in [3.63, 3.8) is 0 Å². The van der Waals surface area contributed by atoms with Gasteiger partial charge >= 0.3 is 0 Å². The molecule has 96 valence electrons. The van der Waals surface area contributed by atoms with Gasteiger partial charge in [0, 0.05) is 13.1 Å². The lowest BCUT2D eigenvalue weighted by atomic mass is 9.92. The predicted octanol–water partition coefficient (Wildman–Crippen LogP) is 1.13. The first kappa shape index (κ1) is 12.7. The van der Waals surface area contributed by atoms with E-state index in [9.17, 15) is 5.11 Å². The first-order valence-corrected chi connectivity index (χ1v) is 6.20. The van der Waals surface area contributed by atoms with E-state index >= 15 is 0 Å². The topological polar surface area (TPSA) is 86.2 Å². The molecule has 18 heavy (non-hydrogen) atoms. The standard InChI is InChI=1S/C13H18N4O/c1-9(18)10-2-4-17(5-3-10)13-11(7-14)6-12(15)8-16-13/h6,8-10,18H,2-5,15H2,1H3. The summed E-state index contributed by atoms with van der Waals surface area (Å²) < 4.78 is 0. The van der Waals surface area contributed by atoms with Crippen molar-refractivity contribution in [1.82, 2.24) is 4.98 Å². The number of anilines is 2. The van der Waals surface area contributed by atoms with E-state index in [1.807, 2.05) is 6.92 Å². The van der Waals surface area contributed by atoms with E-state index in [-0.39, 0.29) is 6.10 Å². The van der Waals surface area contributed by atoms with Gasteiger partial charge < -0.3 is 15.7 Å². The van der Waals surface area contributed by atoms with Gasteiger partial charge in [-0.3, -0.25) is 0 Å². The maximum absolute atomic E-state index is 9.57. The van der Waals surface area contributed by atoms with Crippen molar-refractivity contribution in [2.45, 2.75) is 25.9 Å². The van der Waals surface area contributed by atoms with E-state index < -0.39 is 0 Å². The van der Waals surface area contributed by atoms with Crippen molar-refractivity contribution in [3.05, 3.63) is 17.8 Å². The summed E-state index contributed by atoms with van der Waals surface area (Å²) in [6.45, 7) is 3.48. The molecule has 1 aromatic heterocycles. The van der Waals surface area contributed by atoms with Crippen LogP contribution in [0.15, 0.2) is 12.3 Å². The minimum Gasteiger partial charge on any atom is -0.397 e. The van der Waals surface area contributed by atoms with Gasteiger partial charge in [-0.1, -0.05) is 0 Å². The molecule has 1 fully saturated rings. The van der Waals surface area contributed by atoms with Crippen LogP contribution in [0, 0.1) is 17.2 Å². The number of nitriles is 1. The number of piperidine rings is 1. The Bertz CT molecular complexity index is 459. The molecule has 0 aliphatic carbocycles. The van der Waals surface area contributed by atoms with Crippen LogP contribution in [0.2, 0.25) is 0 Å². The van der Waals surface area contributed by atoms with E-state index in [4.69, 9.17) is 11.0 Å². The zero-order chi connectivity index (χ0) is 13.1. The summed E-state index contributed by atoms with van der Waals surface area (Å²) in [5, 5.41) is 18.7. The molecular weight excluding hydrogens is 228 g/mol. The second kappa shape index (κ2) is 5.23. The molecule has 1 saturated heterocycles. The fourth-order valence-electron chi connectivity index (χ4n) is 2.40. The molecule has 1 atom stereocenters. The summed E-state index contributed by atoms with van der Waals surface area (Å²) >= 11 is 0. The number of aromatic nitrogens is 1. The van der Waals surface area contributed by atoms with Gasteiger partial charge in [0.15, 0.2) is 0 Å². The lowest BCUT2D eigenvalue weighted by molar-refractivity contribution is 0.110. The van der Waals surface area contributed by atoms with Crippen molar-refractivity contribution < 1.29 is 5.11 Å². The van der Waals surface area contributed by atoms with Crippen molar-refractivity contribution in [1.29, 1.82) is 5.26 Å². The number of pyridine rings is 1. The normalized spacial score (nSPS) is 18.4. The molecule has 0 radical (unpaired) electrons. The predicted molar refractivity (Wildman–Crippen MR) is 70.0 cm³/mol. The first-order chi connectivity index (χ1) is 8.61. The van der Waals surface area contributed by atoms with Crippen LogP contribution >= 0.6 is 0 Å². The monoisotopic (exact) mass is 246 g/mol. The number of nitrogen functional groups attached to an aromatic ring is 1. The quantitative estimate of drug-likeness (QED) is 0.817. The second-order valence-corrected chi connectivity index (χ2v) is 4.82. The van der Waals surface area contributed by atoms with Gasteiger partial charge in [0.1, 0.15) is 11.9 Å². The summed E-state index contributed by atoms with van der Waals surface area (Å²) in [7, 11) is 0. The van der Waals surface area contributed by atoms with Crippen LogP contribution in [0.4, 0.5) is 11.5 Å².